The molecule has 1 aliphatic heterocycles. The van der Waals surface area contributed by atoms with Crippen molar-refractivity contribution in [2.45, 2.75) is 51.4 Å². The van der Waals surface area contributed by atoms with Gasteiger partial charge in [-0.15, -0.1) is 0 Å². The van der Waals surface area contributed by atoms with E-state index in [2.05, 4.69) is 15.6 Å². The predicted octanol–water partition coefficient (Wildman–Crippen LogP) is 0.356. The van der Waals surface area contributed by atoms with E-state index in [0.717, 1.165) is 12.1 Å². The molecule has 1 unspecified atom stereocenters. The van der Waals surface area contributed by atoms with Gasteiger partial charge in [-0.2, -0.15) is 0 Å². The lowest BCUT2D eigenvalue weighted by molar-refractivity contribution is -0.144. The lowest BCUT2D eigenvalue weighted by atomic mass is 10.1. The molecule has 3 atom stereocenters. The van der Waals surface area contributed by atoms with E-state index in [1.165, 1.54) is 0 Å². The lowest BCUT2D eigenvalue weighted by Gasteiger charge is -2.17. The van der Waals surface area contributed by atoms with Crippen LogP contribution in [-0.4, -0.2) is 54.2 Å². The Kier molecular flexibility index (Phi) is 7.53. The Morgan fingerprint density at radius 3 is 2.73 bits per heavy atom. The molecule has 2 N–H and O–H groups in total. The second-order valence-corrected chi connectivity index (χ2v) is 5.94. The summed E-state index contributed by atoms with van der Waals surface area (Å²) in [5.74, 6) is -1.29. The maximum absolute atomic E-state index is 12.3. The zero-order valence-corrected chi connectivity index (χ0v) is 15.1. The third-order valence-electron chi connectivity index (χ3n) is 3.89. The first kappa shape index (κ1) is 19.8. The number of pyridine rings is 1. The zero-order valence-electron chi connectivity index (χ0n) is 15.1. The van der Waals surface area contributed by atoms with Gasteiger partial charge in [0.2, 0.25) is 5.91 Å². The maximum Gasteiger partial charge on any atom is 0.338 e. The van der Waals surface area contributed by atoms with E-state index in [9.17, 15) is 14.4 Å². The van der Waals surface area contributed by atoms with Crippen molar-refractivity contribution < 1.29 is 23.9 Å². The van der Waals surface area contributed by atoms with E-state index in [4.69, 9.17) is 9.47 Å². The molecule has 8 heteroatoms. The van der Waals surface area contributed by atoms with E-state index in [0.29, 0.717) is 19.4 Å². The Morgan fingerprint density at radius 1 is 1.27 bits per heavy atom. The first-order valence-electron chi connectivity index (χ1n) is 8.86. The van der Waals surface area contributed by atoms with Gasteiger partial charge in [-0.1, -0.05) is 19.4 Å². The van der Waals surface area contributed by atoms with Gasteiger partial charge in [-0.3, -0.25) is 14.6 Å². The van der Waals surface area contributed by atoms with E-state index in [1.807, 2.05) is 25.1 Å². The van der Waals surface area contributed by atoms with Crippen LogP contribution >= 0.6 is 0 Å². The van der Waals surface area contributed by atoms with Crippen molar-refractivity contribution in [1.29, 1.82) is 0 Å². The van der Waals surface area contributed by atoms with Crippen LogP contribution in [0.3, 0.4) is 0 Å². The molecule has 1 saturated heterocycles. The first-order valence-corrected chi connectivity index (χ1v) is 8.86. The Balaban J connectivity index is 1.79. The highest BCUT2D eigenvalue weighted by molar-refractivity contribution is 5.95. The number of hydrogen-bond donors (Lipinski definition) is 2. The molecule has 2 rings (SSSR count). The number of hydrogen-bond acceptors (Lipinski definition) is 6. The van der Waals surface area contributed by atoms with E-state index in [1.54, 1.807) is 13.1 Å². The predicted molar refractivity (Wildman–Crippen MR) is 93.1 cm³/mol. The molecule has 1 fully saturated rings. The van der Waals surface area contributed by atoms with Crippen LogP contribution in [0.4, 0.5) is 0 Å². The Morgan fingerprint density at radius 2 is 2.08 bits per heavy atom. The molecule has 0 saturated carbocycles. The molecule has 1 aromatic rings. The van der Waals surface area contributed by atoms with Crippen molar-refractivity contribution in [3.05, 3.63) is 30.1 Å². The Labute approximate surface area is 152 Å². The fraction of sp³-hybridized carbons (Fsp3) is 0.556. The van der Waals surface area contributed by atoms with Crippen molar-refractivity contribution in [3.8, 4) is 0 Å². The van der Waals surface area contributed by atoms with Crippen molar-refractivity contribution in [2.75, 3.05) is 13.2 Å². The van der Waals surface area contributed by atoms with Crippen LogP contribution in [0.25, 0.3) is 0 Å². The van der Waals surface area contributed by atoms with E-state index in [-0.39, 0.29) is 12.5 Å². The topological polar surface area (TPSA) is 110 Å². The van der Waals surface area contributed by atoms with Crippen LogP contribution in [0, 0.1) is 0 Å². The lowest BCUT2D eigenvalue weighted by Crippen LogP contribution is -2.48. The third-order valence-corrected chi connectivity index (χ3v) is 3.89. The summed E-state index contributed by atoms with van der Waals surface area (Å²) >= 11 is 0. The van der Waals surface area contributed by atoms with Crippen LogP contribution in [0.1, 0.15) is 32.4 Å². The van der Waals surface area contributed by atoms with E-state index < -0.39 is 30.1 Å². The van der Waals surface area contributed by atoms with Gasteiger partial charge in [0, 0.05) is 24.9 Å². The molecule has 0 bridgehead atoms. The molecule has 8 nitrogen and oxygen atoms in total. The number of epoxide rings is 1. The van der Waals surface area contributed by atoms with Crippen molar-refractivity contribution in [2.24, 2.45) is 0 Å². The first-order chi connectivity index (χ1) is 12.6. The monoisotopic (exact) mass is 363 g/mol. The largest absolute Gasteiger partial charge is 0.464 e. The molecular weight excluding hydrogens is 338 g/mol. The highest BCUT2D eigenvalue weighted by atomic mass is 16.6. The number of rotatable bonds is 10. The average Bonchev–Trinajstić information content (AvgIpc) is 3.43. The van der Waals surface area contributed by atoms with E-state index >= 15 is 0 Å². The summed E-state index contributed by atoms with van der Waals surface area (Å²) in [4.78, 5) is 40.2. The minimum absolute atomic E-state index is 0.226. The SMILES string of the molecule is CCC[C@H](NC(=O)[C@@H]1OC1C(=O)OCC)C(=O)NCCc1ccccn1. The summed E-state index contributed by atoms with van der Waals surface area (Å²) < 4.78 is 9.88. The molecule has 1 aliphatic rings. The number of carbonyl (C=O) groups is 3. The minimum atomic E-state index is -0.880. The number of nitrogens with one attached hydrogen (secondary N) is 2. The molecular formula is C18H25N3O5. The number of carbonyl (C=O) groups excluding carboxylic acids is 3. The fourth-order valence-corrected chi connectivity index (χ4v) is 2.51. The van der Waals surface area contributed by atoms with Gasteiger partial charge in [0.1, 0.15) is 6.04 Å². The number of aromatic nitrogens is 1. The highest BCUT2D eigenvalue weighted by Gasteiger charge is 2.52. The summed E-state index contributed by atoms with van der Waals surface area (Å²) in [6.45, 7) is 4.26. The summed E-state index contributed by atoms with van der Waals surface area (Å²) in [7, 11) is 0. The molecule has 0 radical (unpaired) electrons. The van der Waals surface area contributed by atoms with Gasteiger partial charge in [0.05, 0.1) is 6.61 Å². The smallest absolute Gasteiger partial charge is 0.338 e. The summed E-state index contributed by atoms with van der Waals surface area (Å²) in [5.41, 5.74) is 0.882. The van der Waals surface area contributed by atoms with Crippen molar-refractivity contribution in [3.63, 3.8) is 0 Å². The van der Waals surface area contributed by atoms with Gasteiger partial charge in [0.15, 0.2) is 12.2 Å². The van der Waals surface area contributed by atoms with Gasteiger partial charge < -0.3 is 20.1 Å². The van der Waals surface area contributed by atoms with Crippen LogP contribution in [0.15, 0.2) is 24.4 Å². The number of nitrogens with zero attached hydrogens (tertiary/aromatic N) is 1. The van der Waals surface area contributed by atoms with Gasteiger partial charge in [-0.05, 0) is 25.5 Å². The second-order valence-electron chi connectivity index (χ2n) is 5.94. The number of ether oxygens (including phenoxy) is 2. The molecule has 2 amide bonds. The quantitative estimate of drug-likeness (QED) is 0.459. The maximum atomic E-state index is 12.3. The van der Waals surface area contributed by atoms with Gasteiger partial charge in [0.25, 0.3) is 5.91 Å². The van der Waals surface area contributed by atoms with Gasteiger partial charge >= 0.3 is 5.97 Å². The summed E-state index contributed by atoms with van der Waals surface area (Å²) in [6.07, 6.45) is 1.78. The van der Waals surface area contributed by atoms with Crippen LogP contribution in [-0.2, 0) is 30.3 Å². The fourth-order valence-electron chi connectivity index (χ4n) is 2.51. The van der Waals surface area contributed by atoms with Crippen molar-refractivity contribution >= 4 is 17.8 Å². The third kappa shape index (κ3) is 5.80. The molecule has 142 valence electrons. The van der Waals surface area contributed by atoms with Crippen LogP contribution in [0.2, 0.25) is 0 Å². The molecule has 0 aliphatic carbocycles. The minimum Gasteiger partial charge on any atom is -0.464 e. The molecule has 1 aromatic heterocycles. The Hall–Kier alpha value is -2.48. The van der Waals surface area contributed by atoms with Crippen molar-refractivity contribution in [1.82, 2.24) is 15.6 Å². The molecule has 0 spiro atoms. The van der Waals surface area contributed by atoms with Crippen LogP contribution in [0.5, 0.6) is 0 Å². The average molecular weight is 363 g/mol. The molecule has 2 heterocycles. The summed E-state index contributed by atoms with van der Waals surface area (Å²) in [5, 5.41) is 5.46. The zero-order chi connectivity index (χ0) is 18.9. The summed E-state index contributed by atoms with van der Waals surface area (Å²) in [6, 6.07) is 4.94. The number of esters is 1. The normalized spacial score (nSPS) is 19.3. The second kappa shape index (κ2) is 9.86. The molecule has 0 aromatic carbocycles. The standard InChI is InChI=1S/C18H25N3O5/c1-3-7-13(16(22)20-11-9-12-8-5-6-10-19-12)21-17(23)14-15(26-14)18(24)25-4-2/h5-6,8,10,13-15H,3-4,7,9,11H2,1-2H3,(H,20,22)(H,21,23)/t13-,14+,15?/m0/s1. The Bertz CT molecular complexity index is 623. The van der Waals surface area contributed by atoms with Gasteiger partial charge in [-0.25, -0.2) is 4.79 Å². The molecule has 26 heavy (non-hydrogen) atoms. The highest BCUT2D eigenvalue weighted by Crippen LogP contribution is 2.23. The number of amides is 2. The van der Waals surface area contributed by atoms with Crippen LogP contribution < -0.4 is 10.6 Å².